The highest BCUT2D eigenvalue weighted by Gasteiger charge is 2.36. The molecule has 1 N–H and O–H groups in total. The van der Waals surface area contributed by atoms with Crippen molar-refractivity contribution in [1.82, 2.24) is 15.2 Å². The second-order valence-electron chi connectivity index (χ2n) is 4.98. The molecular weight excluding hydrogens is 349 g/mol. The number of nitrogens with one attached hydrogen (secondary N) is 1. The first-order valence-corrected chi connectivity index (χ1v) is 7.20. The Morgan fingerprint density at radius 2 is 1.95 bits per heavy atom. The van der Waals surface area contributed by atoms with Crippen LogP contribution < -0.4 is 5.32 Å². The van der Waals surface area contributed by atoms with E-state index < -0.39 is 0 Å². The molecule has 6 heteroatoms. The number of hydrogen-bond acceptors (Lipinski definition) is 3. The van der Waals surface area contributed by atoms with Gasteiger partial charge in [-0.15, -0.1) is 24.8 Å². The van der Waals surface area contributed by atoms with Gasteiger partial charge in [0.25, 0.3) is 0 Å². The summed E-state index contributed by atoms with van der Waals surface area (Å²) < 4.78 is 0.954. The lowest BCUT2D eigenvalue weighted by atomic mass is 10.0. The van der Waals surface area contributed by atoms with Gasteiger partial charge >= 0.3 is 0 Å². The van der Waals surface area contributed by atoms with Crippen molar-refractivity contribution in [3.8, 4) is 0 Å². The fraction of sp³-hybridized carbons (Fsp3) is 0.615. The first kappa shape index (κ1) is 17.2. The number of pyridine rings is 1. The van der Waals surface area contributed by atoms with E-state index in [1.165, 1.54) is 31.5 Å². The molecule has 19 heavy (non-hydrogen) atoms. The summed E-state index contributed by atoms with van der Waals surface area (Å²) in [6.45, 7) is 4.58. The highest BCUT2D eigenvalue weighted by molar-refractivity contribution is 9.10. The highest BCUT2D eigenvalue weighted by Crippen LogP contribution is 2.44. The quantitative estimate of drug-likeness (QED) is 0.831. The molecular formula is C13H20BrCl2N3. The predicted molar refractivity (Wildman–Crippen MR) is 86.3 cm³/mol. The third-order valence-electron chi connectivity index (χ3n) is 3.71. The molecule has 0 aromatic carbocycles. The van der Waals surface area contributed by atoms with Gasteiger partial charge < -0.3 is 5.32 Å². The number of rotatable bonds is 3. The molecule has 108 valence electrons. The fourth-order valence-corrected chi connectivity index (χ4v) is 3.14. The number of nitrogens with zero attached hydrogens (tertiary/aromatic N) is 2. The van der Waals surface area contributed by atoms with Crippen molar-refractivity contribution in [3.63, 3.8) is 0 Å². The molecule has 1 aliphatic carbocycles. The van der Waals surface area contributed by atoms with Crippen LogP contribution in [0.3, 0.4) is 0 Å². The summed E-state index contributed by atoms with van der Waals surface area (Å²) in [7, 11) is 0. The van der Waals surface area contributed by atoms with Gasteiger partial charge in [0, 0.05) is 38.4 Å². The van der Waals surface area contributed by atoms with Gasteiger partial charge in [0.15, 0.2) is 0 Å². The van der Waals surface area contributed by atoms with Crippen molar-refractivity contribution in [2.75, 3.05) is 26.2 Å². The maximum atomic E-state index is 4.23. The Morgan fingerprint density at radius 3 is 2.53 bits per heavy atom. The summed E-state index contributed by atoms with van der Waals surface area (Å²) in [6.07, 6.45) is 4.68. The van der Waals surface area contributed by atoms with Crippen LogP contribution in [0.2, 0.25) is 0 Å². The molecule has 1 aliphatic heterocycles. The van der Waals surface area contributed by atoms with E-state index in [4.69, 9.17) is 0 Å². The van der Waals surface area contributed by atoms with Crippen LogP contribution in [0.1, 0.15) is 24.4 Å². The Balaban J connectivity index is 0.000000902. The van der Waals surface area contributed by atoms with Crippen LogP contribution in [-0.2, 0) is 0 Å². The van der Waals surface area contributed by atoms with E-state index >= 15 is 0 Å². The standard InChI is InChI=1S/C13H18BrN3.2ClH/c14-12-9-11(3-4-16-12)13(10-1-2-10)17-7-5-15-6-8-17;;/h3-4,9-10,13,15H,1-2,5-8H2;2*1H/t13-;;/m1../s1. The Kier molecular flexibility index (Phi) is 7.05. The molecule has 1 atom stereocenters. The minimum Gasteiger partial charge on any atom is -0.314 e. The Bertz CT molecular complexity index is 395. The molecule has 1 aromatic rings. The van der Waals surface area contributed by atoms with Crippen molar-refractivity contribution in [1.29, 1.82) is 0 Å². The number of halogens is 3. The average molecular weight is 369 g/mol. The van der Waals surface area contributed by atoms with Crippen LogP contribution in [0, 0.1) is 5.92 Å². The first-order chi connectivity index (χ1) is 8.34. The van der Waals surface area contributed by atoms with E-state index in [0.717, 1.165) is 23.6 Å². The number of hydrogen-bond donors (Lipinski definition) is 1. The fourth-order valence-electron chi connectivity index (χ4n) is 2.75. The molecule has 0 spiro atoms. The lowest BCUT2D eigenvalue weighted by Crippen LogP contribution is -2.45. The molecule has 1 saturated carbocycles. The molecule has 1 saturated heterocycles. The van der Waals surface area contributed by atoms with Gasteiger partial charge in [-0.25, -0.2) is 4.98 Å². The second-order valence-corrected chi connectivity index (χ2v) is 5.79. The molecule has 3 nitrogen and oxygen atoms in total. The Morgan fingerprint density at radius 1 is 1.26 bits per heavy atom. The van der Waals surface area contributed by atoms with E-state index in [-0.39, 0.29) is 24.8 Å². The topological polar surface area (TPSA) is 28.2 Å². The minimum atomic E-state index is 0. The highest BCUT2D eigenvalue weighted by atomic mass is 79.9. The SMILES string of the molecule is Brc1cc([C@@H](C2CC2)N2CCNCC2)ccn1.Cl.Cl. The van der Waals surface area contributed by atoms with Gasteiger partial charge in [-0.05, 0) is 52.4 Å². The molecule has 0 unspecified atom stereocenters. The molecule has 0 radical (unpaired) electrons. The summed E-state index contributed by atoms with van der Waals surface area (Å²) >= 11 is 3.48. The van der Waals surface area contributed by atoms with Gasteiger partial charge in [0.05, 0.1) is 0 Å². The minimum absolute atomic E-state index is 0. The monoisotopic (exact) mass is 367 g/mol. The second kappa shape index (κ2) is 7.79. The van der Waals surface area contributed by atoms with Crippen LogP contribution >= 0.6 is 40.7 Å². The maximum absolute atomic E-state index is 4.23. The van der Waals surface area contributed by atoms with Gasteiger partial charge in [0.2, 0.25) is 0 Å². The third kappa shape index (κ3) is 4.30. The largest absolute Gasteiger partial charge is 0.314 e. The molecule has 2 heterocycles. The summed E-state index contributed by atoms with van der Waals surface area (Å²) in [4.78, 5) is 6.87. The lowest BCUT2D eigenvalue weighted by molar-refractivity contribution is 0.156. The summed E-state index contributed by atoms with van der Waals surface area (Å²) in [5.74, 6) is 0.863. The van der Waals surface area contributed by atoms with Gasteiger partial charge in [-0.1, -0.05) is 0 Å². The number of aromatic nitrogens is 1. The van der Waals surface area contributed by atoms with Crippen molar-refractivity contribution < 1.29 is 0 Å². The Hall–Kier alpha value is 0.130. The van der Waals surface area contributed by atoms with Crippen LogP contribution in [0.5, 0.6) is 0 Å². The smallest absolute Gasteiger partial charge is 0.106 e. The summed E-state index contributed by atoms with van der Waals surface area (Å²) in [5, 5.41) is 3.43. The number of piperazine rings is 1. The van der Waals surface area contributed by atoms with Crippen LogP contribution in [-0.4, -0.2) is 36.1 Å². The molecule has 2 fully saturated rings. The van der Waals surface area contributed by atoms with Gasteiger partial charge in [-0.3, -0.25) is 4.90 Å². The zero-order valence-corrected chi connectivity index (χ0v) is 13.9. The van der Waals surface area contributed by atoms with Crippen molar-refractivity contribution in [2.45, 2.75) is 18.9 Å². The molecule has 3 rings (SSSR count). The average Bonchev–Trinajstić information content (AvgIpc) is 3.15. The van der Waals surface area contributed by atoms with Crippen molar-refractivity contribution >= 4 is 40.7 Å². The van der Waals surface area contributed by atoms with E-state index in [1.54, 1.807) is 0 Å². The summed E-state index contributed by atoms with van der Waals surface area (Å²) in [5.41, 5.74) is 1.43. The van der Waals surface area contributed by atoms with Gasteiger partial charge in [0.1, 0.15) is 4.60 Å². The molecule has 0 amide bonds. The van der Waals surface area contributed by atoms with E-state index in [9.17, 15) is 0 Å². The van der Waals surface area contributed by atoms with Crippen LogP contribution in [0.25, 0.3) is 0 Å². The molecule has 1 aromatic heterocycles. The van der Waals surface area contributed by atoms with Crippen LogP contribution in [0.4, 0.5) is 0 Å². The zero-order chi connectivity index (χ0) is 11.7. The lowest BCUT2D eigenvalue weighted by Gasteiger charge is -2.35. The van der Waals surface area contributed by atoms with Crippen LogP contribution in [0.15, 0.2) is 22.9 Å². The van der Waals surface area contributed by atoms with Crippen molar-refractivity contribution in [3.05, 3.63) is 28.5 Å². The van der Waals surface area contributed by atoms with E-state index in [0.29, 0.717) is 6.04 Å². The van der Waals surface area contributed by atoms with E-state index in [2.05, 4.69) is 43.3 Å². The van der Waals surface area contributed by atoms with Gasteiger partial charge in [-0.2, -0.15) is 0 Å². The summed E-state index contributed by atoms with van der Waals surface area (Å²) in [6, 6.07) is 4.97. The molecule has 0 bridgehead atoms. The van der Waals surface area contributed by atoms with Crippen molar-refractivity contribution in [2.24, 2.45) is 5.92 Å². The third-order valence-corrected chi connectivity index (χ3v) is 4.14. The van der Waals surface area contributed by atoms with E-state index in [1.807, 2.05) is 6.20 Å². The molecule has 2 aliphatic rings. The predicted octanol–water partition coefficient (Wildman–Crippen LogP) is 3.04. The zero-order valence-electron chi connectivity index (χ0n) is 10.7. The first-order valence-electron chi connectivity index (χ1n) is 6.41. The maximum Gasteiger partial charge on any atom is 0.106 e. The Labute approximate surface area is 135 Å². The normalized spacial score (nSPS) is 21.1.